The van der Waals surface area contributed by atoms with Crippen LogP contribution in [-0.4, -0.2) is 0 Å². The van der Waals surface area contributed by atoms with Crippen LogP contribution in [0.25, 0.3) is 110 Å². The van der Waals surface area contributed by atoms with Gasteiger partial charge in [-0.1, -0.05) is 200 Å². The first kappa shape index (κ1) is 37.1. The normalized spacial score (nSPS) is 11.8. The second kappa shape index (κ2) is 15.1. The van der Waals surface area contributed by atoms with Gasteiger partial charge in [0, 0.05) is 38.2 Å². The van der Waals surface area contributed by atoms with Crippen LogP contribution in [0.5, 0.6) is 0 Å². The van der Waals surface area contributed by atoms with Crippen LogP contribution in [-0.2, 0) is 0 Å². The van der Waals surface area contributed by atoms with Gasteiger partial charge in [-0.3, -0.25) is 0 Å². The highest BCUT2D eigenvalue weighted by Crippen LogP contribution is 2.40. The van der Waals surface area contributed by atoms with E-state index in [0.717, 1.165) is 76.9 Å². The first-order valence-electron chi connectivity index (χ1n) is 22.3. The molecule has 0 radical (unpaired) electrons. The van der Waals surface area contributed by atoms with Crippen LogP contribution in [0.1, 0.15) is 22.6 Å². The monoisotopic (exact) mass is 828 g/mol. The molecule has 65 heavy (non-hydrogen) atoms. The lowest BCUT2D eigenvalue weighted by Gasteiger charge is -2.20. The highest BCUT2D eigenvalue weighted by molar-refractivity contribution is 6.16. The second-order valence-corrected chi connectivity index (χ2v) is 17.2. The van der Waals surface area contributed by atoms with Crippen molar-refractivity contribution in [3.8, 4) is 44.5 Å². The van der Waals surface area contributed by atoms with Crippen LogP contribution >= 0.6 is 0 Å². The molecule has 0 saturated carbocycles. The highest BCUT2D eigenvalue weighted by atomic mass is 16.3. The van der Waals surface area contributed by atoms with Crippen molar-refractivity contribution in [1.29, 1.82) is 0 Å². The molecule has 0 saturated heterocycles. The van der Waals surface area contributed by atoms with Crippen LogP contribution in [0.2, 0.25) is 0 Å². The molecule has 0 amide bonds. The van der Waals surface area contributed by atoms with Gasteiger partial charge in [-0.05, 0) is 108 Å². The number of hydrogen-bond acceptors (Lipinski definition) is 2. The van der Waals surface area contributed by atoms with E-state index >= 15 is 0 Å². The Morgan fingerprint density at radius 1 is 0.231 bits per heavy atom. The van der Waals surface area contributed by atoms with Crippen molar-refractivity contribution in [2.45, 2.75) is 5.92 Å². The van der Waals surface area contributed by atoms with Crippen LogP contribution in [0, 0.1) is 0 Å². The van der Waals surface area contributed by atoms with Crippen molar-refractivity contribution in [3.05, 3.63) is 253 Å². The van der Waals surface area contributed by atoms with E-state index in [1.165, 1.54) is 49.7 Å². The van der Waals surface area contributed by atoms with Crippen LogP contribution < -0.4 is 0 Å². The van der Waals surface area contributed by atoms with Crippen LogP contribution in [0.3, 0.4) is 0 Å². The molecule has 13 rings (SSSR count). The maximum absolute atomic E-state index is 6.56. The average Bonchev–Trinajstić information content (AvgIpc) is 3.96. The van der Waals surface area contributed by atoms with Gasteiger partial charge in [0.05, 0.1) is 0 Å². The zero-order valence-corrected chi connectivity index (χ0v) is 35.4. The molecule has 2 heteroatoms. The molecule has 0 fully saturated rings. The maximum atomic E-state index is 6.56. The van der Waals surface area contributed by atoms with Crippen molar-refractivity contribution in [2.24, 2.45) is 0 Å². The fourth-order valence-corrected chi connectivity index (χ4v) is 10.0. The average molecular weight is 829 g/mol. The molecule has 0 atom stereocenters. The van der Waals surface area contributed by atoms with Crippen molar-refractivity contribution in [3.63, 3.8) is 0 Å². The number of hydrogen-bond donors (Lipinski definition) is 0. The minimum Gasteiger partial charge on any atom is -0.455 e. The summed E-state index contributed by atoms with van der Waals surface area (Å²) in [7, 11) is 0. The van der Waals surface area contributed by atoms with Crippen molar-refractivity contribution in [2.75, 3.05) is 0 Å². The number of furan rings is 2. The predicted molar refractivity (Wildman–Crippen MR) is 272 cm³/mol. The third-order valence-electron chi connectivity index (χ3n) is 13.5. The summed E-state index contributed by atoms with van der Waals surface area (Å²) in [5.74, 6) is 0.0184. The Morgan fingerprint density at radius 3 is 0.985 bits per heavy atom. The summed E-state index contributed by atoms with van der Waals surface area (Å²) in [6.07, 6.45) is 0. The largest absolute Gasteiger partial charge is 0.455 e. The Labute approximate surface area is 376 Å². The maximum Gasteiger partial charge on any atom is 0.143 e. The van der Waals surface area contributed by atoms with E-state index < -0.39 is 0 Å². The standard InChI is InChI=1S/C63H40O2/c1-2-8-40(9-3-1)41-14-16-42(17-15-41)43-18-24-48(25-19-43)61(49-26-20-44(21-27-49)51-32-34-55-57-36-30-46-10-4-6-12-53(46)62(57)64-59(55)38-51)50-28-22-45(23-29-50)52-33-35-56-58-37-31-47-11-5-7-13-54(47)63(58)65-60(56)39-52/h1-39,61H. The molecule has 0 aliphatic rings. The van der Waals surface area contributed by atoms with Gasteiger partial charge in [0.15, 0.2) is 0 Å². The van der Waals surface area contributed by atoms with E-state index in [1.54, 1.807) is 0 Å². The van der Waals surface area contributed by atoms with Gasteiger partial charge >= 0.3 is 0 Å². The zero-order valence-electron chi connectivity index (χ0n) is 35.4. The van der Waals surface area contributed by atoms with Crippen LogP contribution in [0.4, 0.5) is 0 Å². The van der Waals surface area contributed by atoms with E-state index in [-0.39, 0.29) is 5.92 Å². The van der Waals surface area contributed by atoms with Crippen molar-refractivity contribution >= 4 is 65.4 Å². The third-order valence-corrected chi connectivity index (χ3v) is 13.5. The van der Waals surface area contributed by atoms with E-state index in [9.17, 15) is 0 Å². The molecule has 0 N–H and O–H groups in total. The van der Waals surface area contributed by atoms with Crippen LogP contribution in [0.15, 0.2) is 245 Å². The zero-order chi connectivity index (χ0) is 42.8. The SMILES string of the molecule is c1ccc(-c2ccc(-c3ccc(C(c4ccc(-c5ccc6c(c5)oc5c7ccccc7ccc65)cc4)c4ccc(-c5ccc6c(c5)oc5c7ccccc7ccc65)cc4)cc3)cc2)cc1. The lowest BCUT2D eigenvalue weighted by molar-refractivity contribution is 0.672. The fourth-order valence-electron chi connectivity index (χ4n) is 10.0. The lowest BCUT2D eigenvalue weighted by Crippen LogP contribution is -2.03. The Hall–Kier alpha value is -8.46. The predicted octanol–water partition coefficient (Wildman–Crippen LogP) is 17.6. The second-order valence-electron chi connectivity index (χ2n) is 17.2. The first-order valence-corrected chi connectivity index (χ1v) is 22.3. The summed E-state index contributed by atoms with van der Waals surface area (Å²) in [5, 5.41) is 9.21. The van der Waals surface area contributed by atoms with Gasteiger partial charge in [-0.2, -0.15) is 0 Å². The minimum atomic E-state index is 0.0184. The summed E-state index contributed by atoms with van der Waals surface area (Å²) in [4.78, 5) is 0. The molecule has 0 aliphatic carbocycles. The van der Waals surface area contributed by atoms with E-state index in [2.05, 4.69) is 237 Å². The molecule has 2 aromatic heterocycles. The van der Waals surface area contributed by atoms with Gasteiger partial charge < -0.3 is 8.83 Å². The number of fused-ring (bicyclic) bond motifs is 10. The molecule has 11 aromatic carbocycles. The first-order chi connectivity index (χ1) is 32.2. The highest BCUT2D eigenvalue weighted by Gasteiger charge is 2.19. The lowest BCUT2D eigenvalue weighted by atomic mass is 9.83. The fraction of sp³-hybridized carbons (Fsp3) is 0.0159. The van der Waals surface area contributed by atoms with Crippen molar-refractivity contribution < 1.29 is 8.83 Å². The van der Waals surface area contributed by atoms with Crippen molar-refractivity contribution in [1.82, 2.24) is 0 Å². The Kier molecular flexibility index (Phi) is 8.63. The van der Waals surface area contributed by atoms with Gasteiger partial charge in [0.25, 0.3) is 0 Å². The summed E-state index contributed by atoms with van der Waals surface area (Å²) < 4.78 is 13.1. The molecule has 0 unspecified atom stereocenters. The Morgan fingerprint density at radius 2 is 0.554 bits per heavy atom. The van der Waals surface area contributed by atoms with Gasteiger partial charge in [-0.25, -0.2) is 0 Å². The molecule has 304 valence electrons. The van der Waals surface area contributed by atoms with E-state index in [0.29, 0.717) is 0 Å². The molecule has 2 nitrogen and oxygen atoms in total. The number of benzene rings is 11. The van der Waals surface area contributed by atoms with Gasteiger partial charge in [0.2, 0.25) is 0 Å². The molecule has 0 aliphatic heterocycles. The Bertz CT molecular complexity index is 3700. The summed E-state index contributed by atoms with van der Waals surface area (Å²) in [6.45, 7) is 0. The molecular formula is C63H40O2. The summed E-state index contributed by atoms with van der Waals surface area (Å²) >= 11 is 0. The van der Waals surface area contributed by atoms with E-state index in [1.807, 2.05) is 0 Å². The summed E-state index contributed by atoms with van der Waals surface area (Å²) in [5.41, 5.74) is 16.8. The third kappa shape index (κ3) is 6.41. The molecular weight excluding hydrogens is 789 g/mol. The van der Waals surface area contributed by atoms with Gasteiger partial charge in [-0.15, -0.1) is 0 Å². The molecule has 0 spiro atoms. The summed E-state index contributed by atoms with van der Waals surface area (Å²) in [6, 6.07) is 85.5. The molecule has 13 aromatic rings. The molecule has 2 heterocycles. The topological polar surface area (TPSA) is 26.3 Å². The van der Waals surface area contributed by atoms with E-state index in [4.69, 9.17) is 8.83 Å². The minimum absolute atomic E-state index is 0.0184. The Balaban J connectivity index is 0.852. The molecule has 0 bridgehead atoms. The van der Waals surface area contributed by atoms with Gasteiger partial charge in [0.1, 0.15) is 22.3 Å². The smallest absolute Gasteiger partial charge is 0.143 e. The number of rotatable bonds is 7. The quantitative estimate of drug-likeness (QED) is 0.150.